The van der Waals surface area contributed by atoms with E-state index in [1.54, 1.807) is 18.7 Å². The van der Waals surface area contributed by atoms with Crippen molar-refractivity contribution < 1.29 is 24.5 Å². The number of rotatable bonds is 6. The zero-order chi connectivity index (χ0) is 20.1. The van der Waals surface area contributed by atoms with Crippen LogP contribution in [0.5, 0.6) is 0 Å². The summed E-state index contributed by atoms with van der Waals surface area (Å²) in [6.07, 6.45) is -0.438. The number of fused-ring (bicyclic) bond motifs is 1. The number of carbonyl (C=O) groups excluding carboxylic acids is 1. The van der Waals surface area contributed by atoms with E-state index in [0.29, 0.717) is 6.04 Å². The van der Waals surface area contributed by atoms with Crippen molar-refractivity contribution in [3.63, 3.8) is 0 Å². The first kappa shape index (κ1) is 20.4. The lowest BCUT2D eigenvalue weighted by Crippen LogP contribution is -2.63. The molecule has 0 unspecified atom stereocenters. The van der Waals surface area contributed by atoms with Crippen LogP contribution in [0.2, 0.25) is 0 Å². The molecule has 3 heterocycles. The lowest BCUT2D eigenvalue weighted by molar-refractivity contribution is -0.163. The Morgan fingerprint density at radius 3 is 2.74 bits per heavy atom. The molecule has 2 fully saturated rings. The Kier molecular flexibility index (Phi) is 5.51. The number of hydrogen-bond acceptors (Lipinski definition) is 7. The maximum Gasteiger partial charge on any atom is 0.512 e. The number of nitrogens with zero attached hydrogens (tertiary/aromatic N) is 1. The first-order valence-electron chi connectivity index (χ1n) is 9.34. The predicted octanol–water partition coefficient (Wildman–Crippen LogP) is 1.30. The largest absolute Gasteiger partial charge is 0.512 e. The number of aliphatic hydroxyl groups excluding tert-OH is 1. The summed E-state index contributed by atoms with van der Waals surface area (Å²) in [5.74, 6) is -0.750. The van der Waals surface area contributed by atoms with Gasteiger partial charge in [-0.3, -0.25) is 9.69 Å². The van der Waals surface area contributed by atoms with E-state index in [1.165, 1.54) is 4.90 Å². The summed E-state index contributed by atoms with van der Waals surface area (Å²) >= 11 is 1.58. The lowest BCUT2D eigenvalue weighted by atomic mass is 9.79. The van der Waals surface area contributed by atoms with Crippen molar-refractivity contribution in [3.8, 4) is 0 Å². The Labute approximate surface area is 163 Å². The van der Waals surface area contributed by atoms with Crippen LogP contribution in [0.15, 0.2) is 10.8 Å². The third-order valence-corrected chi connectivity index (χ3v) is 6.99. The summed E-state index contributed by atoms with van der Waals surface area (Å²) in [5.41, 5.74) is 5.86. The highest BCUT2D eigenvalue weighted by Crippen LogP contribution is 2.52. The van der Waals surface area contributed by atoms with Crippen molar-refractivity contribution in [1.29, 1.82) is 0 Å². The Balaban J connectivity index is 1.76. The highest BCUT2D eigenvalue weighted by molar-refractivity contribution is 8.03. The van der Waals surface area contributed by atoms with Gasteiger partial charge >= 0.3 is 6.16 Å². The fourth-order valence-corrected chi connectivity index (χ4v) is 5.91. The number of aliphatic hydroxyl groups is 1. The molecule has 1 amide bonds. The minimum Gasteiger partial charge on any atom is -0.449 e. The molecule has 0 saturated carbocycles. The summed E-state index contributed by atoms with van der Waals surface area (Å²) < 4.78 is 5.00. The van der Waals surface area contributed by atoms with Crippen LogP contribution in [-0.4, -0.2) is 62.7 Å². The second-order valence-electron chi connectivity index (χ2n) is 8.56. The van der Waals surface area contributed by atoms with Crippen LogP contribution in [0.1, 0.15) is 40.5 Å². The van der Waals surface area contributed by atoms with E-state index in [4.69, 9.17) is 15.6 Å². The standard InChI is InChI=1S/C18H29N3O5S/c1-8-13-12(9(2)22)15(23)21(13)16(26-17(24)25)14(8)27-11-5-10(20-7-11)6-18(3,4)19/h8-13,20,22H,5-7,19H2,1-4H3,(H,24,25)/t8-,9-,10+,11+,12-,13+/m1/s1. The molecule has 8 nitrogen and oxygen atoms in total. The highest BCUT2D eigenvalue weighted by atomic mass is 32.2. The Morgan fingerprint density at radius 1 is 1.52 bits per heavy atom. The number of β-lactam (4-membered cyclic amide) rings is 1. The fourth-order valence-electron chi connectivity index (χ4n) is 4.44. The van der Waals surface area contributed by atoms with Crippen molar-refractivity contribution in [2.75, 3.05) is 6.54 Å². The van der Waals surface area contributed by atoms with Crippen LogP contribution in [0.4, 0.5) is 4.79 Å². The van der Waals surface area contributed by atoms with E-state index in [2.05, 4.69) is 5.32 Å². The summed E-state index contributed by atoms with van der Waals surface area (Å²) in [6.45, 7) is 8.35. The maximum absolute atomic E-state index is 12.4. The van der Waals surface area contributed by atoms with Crippen molar-refractivity contribution >= 4 is 23.8 Å². The maximum atomic E-state index is 12.4. The normalized spacial score (nSPS) is 34.5. The second-order valence-corrected chi connectivity index (χ2v) is 9.91. The minimum atomic E-state index is -1.43. The second kappa shape index (κ2) is 7.27. The molecule has 0 bridgehead atoms. The quantitative estimate of drug-likeness (QED) is 0.389. The molecule has 9 heteroatoms. The molecule has 6 atom stereocenters. The lowest BCUT2D eigenvalue weighted by Gasteiger charge is -2.45. The third kappa shape index (κ3) is 3.96. The van der Waals surface area contributed by atoms with Crippen LogP contribution in [0.25, 0.3) is 0 Å². The first-order chi connectivity index (χ1) is 12.5. The summed E-state index contributed by atoms with van der Waals surface area (Å²) in [7, 11) is 0. The van der Waals surface area contributed by atoms with Crippen LogP contribution < -0.4 is 11.1 Å². The van der Waals surface area contributed by atoms with Gasteiger partial charge in [-0.1, -0.05) is 6.92 Å². The summed E-state index contributed by atoms with van der Waals surface area (Å²) in [4.78, 5) is 25.8. The number of nitrogens with one attached hydrogen (secondary N) is 1. The molecule has 0 aromatic rings. The molecule has 0 aliphatic carbocycles. The van der Waals surface area contributed by atoms with E-state index >= 15 is 0 Å². The zero-order valence-electron chi connectivity index (χ0n) is 16.1. The van der Waals surface area contributed by atoms with Gasteiger partial charge in [0.25, 0.3) is 0 Å². The topological polar surface area (TPSA) is 125 Å². The molecule has 3 aliphatic heterocycles. The van der Waals surface area contributed by atoms with Crippen molar-refractivity contribution in [2.45, 2.75) is 69.5 Å². The molecular weight excluding hydrogens is 370 g/mol. The summed E-state index contributed by atoms with van der Waals surface area (Å²) in [5, 5.41) is 22.8. The van der Waals surface area contributed by atoms with E-state index in [-0.39, 0.29) is 34.5 Å². The first-order valence-corrected chi connectivity index (χ1v) is 10.2. The van der Waals surface area contributed by atoms with Gasteiger partial charge in [0.2, 0.25) is 11.8 Å². The predicted molar refractivity (Wildman–Crippen MR) is 102 cm³/mol. The van der Waals surface area contributed by atoms with E-state index in [0.717, 1.165) is 24.3 Å². The van der Waals surface area contributed by atoms with Gasteiger partial charge in [-0.2, -0.15) is 0 Å². The average Bonchev–Trinajstić information content (AvgIpc) is 3.00. The molecule has 3 rings (SSSR count). The van der Waals surface area contributed by atoms with Gasteiger partial charge in [0.1, 0.15) is 0 Å². The van der Waals surface area contributed by atoms with Gasteiger partial charge < -0.3 is 26.0 Å². The SMILES string of the molecule is C[C@@H](O)[C@H]1C(=O)N2C(OC(=O)O)=C(S[C@@H]3CN[C@H](CC(C)(C)N)C3)[C@H](C)[C@@H]12. The number of nitrogens with two attached hydrogens (primary N) is 1. The molecule has 3 aliphatic rings. The average molecular weight is 400 g/mol. The number of hydrogen-bond donors (Lipinski definition) is 4. The molecular formula is C18H29N3O5S. The van der Waals surface area contributed by atoms with Crippen LogP contribution >= 0.6 is 11.8 Å². The van der Waals surface area contributed by atoms with E-state index < -0.39 is 18.2 Å². The molecule has 0 aromatic carbocycles. The molecule has 0 spiro atoms. The van der Waals surface area contributed by atoms with Gasteiger partial charge in [0.15, 0.2) is 0 Å². The number of carbonyl (C=O) groups is 2. The molecule has 2 saturated heterocycles. The molecule has 0 aromatic heterocycles. The third-order valence-electron chi connectivity index (χ3n) is 5.50. The Morgan fingerprint density at radius 2 is 2.19 bits per heavy atom. The van der Waals surface area contributed by atoms with Crippen molar-refractivity contribution in [3.05, 3.63) is 10.8 Å². The Hall–Kier alpha value is -1.29. The van der Waals surface area contributed by atoms with Gasteiger partial charge in [-0.05, 0) is 33.6 Å². The number of ether oxygens (including phenoxy) is 1. The zero-order valence-corrected chi connectivity index (χ0v) is 17.0. The van der Waals surface area contributed by atoms with Gasteiger partial charge in [-0.15, -0.1) is 11.8 Å². The fraction of sp³-hybridized carbons (Fsp3) is 0.778. The van der Waals surface area contributed by atoms with E-state index in [1.807, 2.05) is 20.8 Å². The van der Waals surface area contributed by atoms with Crippen molar-refractivity contribution in [1.82, 2.24) is 10.2 Å². The Bertz CT molecular complexity index is 660. The van der Waals surface area contributed by atoms with Crippen LogP contribution in [0, 0.1) is 11.8 Å². The molecule has 0 radical (unpaired) electrons. The number of thioether (sulfide) groups is 1. The number of carboxylic acid groups (broad SMARTS) is 1. The summed E-state index contributed by atoms with van der Waals surface area (Å²) in [6, 6.07) is 0.0648. The molecule has 5 N–H and O–H groups in total. The minimum absolute atomic E-state index is 0.0772. The highest BCUT2D eigenvalue weighted by Gasteiger charge is 2.60. The van der Waals surface area contributed by atoms with Crippen molar-refractivity contribution in [2.24, 2.45) is 17.6 Å². The smallest absolute Gasteiger partial charge is 0.449 e. The van der Waals surface area contributed by atoms with Gasteiger partial charge in [0.05, 0.1) is 23.0 Å². The van der Waals surface area contributed by atoms with Gasteiger partial charge in [-0.25, -0.2) is 4.79 Å². The van der Waals surface area contributed by atoms with Crippen LogP contribution in [-0.2, 0) is 9.53 Å². The molecule has 27 heavy (non-hydrogen) atoms. The number of amides is 1. The van der Waals surface area contributed by atoms with Crippen LogP contribution in [0.3, 0.4) is 0 Å². The monoisotopic (exact) mass is 399 g/mol. The van der Waals surface area contributed by atoms with E-state index in [9.17, 15) is 14.7 Å². The molecule has 152 valence electrons. The van der Waals surface area contributed by atoms with Gasteiger partial charge in [0, 0.05) is 29.3 Å².